The lowest BCUT2D eigenvalue weighted by Crippen LogP contribution is -2.28. The third kappa shape index (κ3) is 1.92. The number of aliphatic hydroxyl groups is 1. The van der Waals surface area contributed by atoms with E-state index in [4.69, 9.17) is 17.3 Å². The van der Waals surface area contributed by atoms with Crippen LogP contribution in [0.4, 0.5) is 0 Å². The number of amides is 1. The van der Waals surface area contributed by atoms with Crippen LogP contribution >= 0.6 is 24.0 Å². The van der Waals surface area contributed by atoms with Crippen LogP contribution in [0, 0.1) is 0 Å². The fourth-order valence-corrected chi connectivity index (χ4v) is 2.28. The van der Waals surface area contributed by atoms with Gasteiger partial charge in [-0.15, -0.1) is 0 Å². The number of allylic oxidation sites excluding steroid dienone is 1. The van der Waals surface area contributed by atoms with Crippen LogP contribution in [0.25, 0.3) is 0 Å². The highest BCUT2D eigenvalue weighted by Gasteiger charge is 2.32. The van der Waals surface area contributed by atoms with Gasteiger partial charge in [0.25, 0.3) is 5.91 Å². The molecular weight excluding hydrogens is 206 g/mol. The number of thiocarbonyl (C=S) groups is 1. The molecule has 0 saturated carbocycles. The number of hydrogen-bond donors (Lipinski definition) is 1. The molecule has 0 aromatic carbocycles. The Bertz CT molecular complexity index is 286. The summed E-state index contributed by atoms with van der Waals surface area (Å²) >= 11 is 6.20. The van der Waals surface area contributed by atoms with Crippen molar-refractivity contribution >= 4 is 34.2 Å². The van der Waals surface area contributed by atoms with Gasteiger partial charge in [-0.1, -0.05) is 36.5 Å². The number of thioether (sulfide) groups is 1. The zero-order valence-corrected chi connectivity index (χ0v) is 9.17. The molecule has 0 atom stereocenters. The summed E-state index contributed by atoms with van der Waals surface area (Å²) in [5, 5.41) is 8.86. The van der Waals surface area contributed by atoms with E-state index >= 15 is 0 Å². The molecule has 0 radical (unpaired) electrons. The molecular formula is C8H11NO2S2. The van der Waals surface area contributed by atoms with Crippen LogP contribution in [-0.4, -0.2) is 27.0 Å². The highest BCUT2D eigenvalue weighted by Crippen LogP contribution is 2.33. The Morgan fingerprint density at radius 1 is 1.69 bits per heavy atom. The second-order valence-electron chi connectivity index (χ2n) is 2.71. The maximum absolute atomic E-state index is 11.5. The SMILES string of the molecule is CC/C(C)=C1\SC(=S)N(CO)C1=O. The highest BCUT2D eigenvalue weighted by molar-refractivity contribution is 8.26. The lowest BCUT2D eigenvalue weighted by atomic mass is 10.2. The first kappa shape index (κ1) is 10.7. The molecule has 0 unspecified atom stereocenters. The van der Waals surface area contributed by atoms with E-state index in [1.807, 2.05) is 13.8 Å². The minimum absolute atomic E-state index is 0.170. The molecule has 0 bridgehead atoms. The highest BCUT2D eigenvalue weighted by atomic mass is 32.2. The fourth-order valence-electron chi connectivity index (χ4n) is 0.944. The minimum Gasteiger partial charge on any atom is -0.376 e. The van der Waals surface area contributed by atoms with E-state index in [0.717, 1.165) is 12.0 Å². The zero-order valence-electron chi connectivity index (χ0n) is 7.53. The smallest absolute Gasteiger partial charge is 0.268 e. The predicted molar refractivity (Wildman–Crippen MR) is 57.1 cm³/mol. The van der Waals surface area contributed by atoms with Crippen LogP contribution in [0.5, 0.6) is 0 Å². The van der Waals surface area contributed by atoms with Gasteiger partial charge >= 0.3 is 0 Å². The summed E-state index contributed by atoms with van der Waals surface area (Å²) in [6, 6.07) is 0. The Balaban J connectivity index is 2.97. The van der Waals surface area contributed by atoms with Crippen molar-refractivity contribution in [2.45, 2.75) is 20.3 Å². The summed E-state index contributed by atoms with van der Waals surface area (Å²) in [7, 11) is 0. The zero-order chi connectivity index (χ0) is 10.0. The van der Waals surface area contributed by atoms with Gasteiger partial charge in [-0.2, -0.15) is 0 Å². The van der Waals surface area contributed by atoms with Gasteiger partial charge in [-0.25, -0.2) is 0 Å². The molecule has 1 rings (SSSR count). The van der Waals surface area contributed by atoms with Crippen LogP contribution < -0.4 is 0 Å². The molecule has 1 fully saturated rings. The van der Waals surface area contributed by atoms with Gasteiger partial charge in [0, 0.05) is 0 Å². The van der Waals surface area contributed by atoms with E-state index in [1.54, 1.807) is 0 Å². The lowest BCUT2D eigenvalue weighted by molar-refractivity contribution is -0.124. The van der Waals surface area contributed by atoms with E-state index in [0.29, 0.717) is 9.23 Å². The molecule has 5 heteroatoms. The van der Waals surface area contributed by atoms with Crippen molar-refractivity contribution in [2.75, 3.05) is 6.73 Å². The molecule has 1 amide bonds. The summed E-state index contributed by atoms with van der Waals surface area (Å²) < 4.78 is 0.440. The number of aliphatic hydroxyl groups excluding tert-OH is 1. The van der Waals surface area contributed by atoms with Gasteiger partial charge in [0.15, 0.2) is 0 Å². The maximum Gasteiger partial charge on any atom is 0.268 e. The standard InChI is InChI=1S/C8H11NO2S2/c1-3-5(2)6-7(11)9(4-10)8(12)13-6/h10H,3-4H2,1-2H3/b6-5-. The first-order chi connectivity index (χ1) is 6.11. The number of hydrogen-bond acceptors (Lipinski definition) is 4. The fraction of sp³-hybridized carbons (Fsp3) is 0.500. The Morgan fingerprint density at radius 2 is 2.31 bits per heavy atom. The van der Waals surface area contributed by atoms with Crippen LogP contribution in [0.3, 0.4) is 0 Å². The summed E-state index contributed by atoms with van der Waals surface area (Å²) in [6.07, 6.45) is 0.829. The third-order valence-corrected chi connectivity index (χ3v) is 3.50. The minimum atomic E-state index is -0.328. The Morgan fingerprint density at radius 3 is 2.69 bits per heavy atom. The molecule has 1 aliphatic rings. The first-order valence-electron chi connectivity index (χ1n) is 3.96. The average molecular weight is 217 g/mol. The van der Waals surface area contributed by atoms with Crippen LogP contribution in [0.15, 0.2) is 10.5 Å². The van der Waals surface area contributed by atoms with Gasteiger partial charge in [-0.05, 0) is 13.3 Å². The monoisotopic (exact) mass is 217 g/mol. The van der Waals surface area contributed by atoms with Gasteiger partial charge in [-0.3, -0.25) is 9.69 Å². The Kier molecular flexibility index (Phi) is 3.47. The van der Waals surface area contributed by atoms with Crippen molar-refractivity contribution < 1.29 is 9.90 Å². The molecule has 1 heterocycles. The largest absolute Gasteiger partial charge is 0.376 e. The summed E-state index contributed by atoms with van der Waals surface area (Å²) in [4.78, 5) is 13.4. The van der Waals surface area contributed by atoms with Crippen LogP contribution in [0.1, 0.15) is 20.3 Å². The van der Waals surface area contributed by atoms with Crippen molar-refractivity contribution in [3.63, 3.8) is 0 Å². The molecule has 0 aromatic heterocycles. The second kappa shape index (κ2) is 4.21. The molecule has 0 aliphatic carbocycles. The summed E-state index contributed by atoms with van der Waals surface area (Å²) in [5.41, 5.74) is 1.02. The van der Waals surface area contributed by atoms with Gasteiger partial charge < -0.3 is 5.11 Å². The van der Waals surface area contributed by atoms with E-state index < -0.39 is 0 Å². The van der Waals surface area contributed by atoms with Crippen molar-refractivity contribution in [1.29, 1.82) is 0 Å². The van der Waals surface area contributed by atoms with Crippen molar-refractivity contribution in [1.82, 2.24) is 4.90 Å². The third-order valence-electron chi connectivity index (χ3n) is 1.91. The topological polar surface area (TPSA) is 40.5 Å². The quantitative estimate of drug-likeness (QED) is 0.562. The lowest BCUT2D eigenvalue weighted by Gasteiger charge is -2.08. The van der Waals surface area contributed by atoms with Crippen molar-refractivity contribution in [3.8, 4) is 0 Å². The summed E-state index contributed by atoms with van der Waals surface area (Å²) in [5.74, 6) is -0.170. The molecule has 1 saturated heterocycles. The van der Waals surface area contributed by atoms with Crippen LogP contribution in [-0.2, 0) is 4.79 Å². The molecule has 0 spiro atoms. The first-order valence-corrected chi connectivity index (χ1v) is 5.18. The number of nitrogens with zero attached hydrogens (tertiary/aromatic N) is 1. The molecule has 1 N–H and O–H groups in total. The maximum atomic E-state index is 11.5. The number of carbonyl (C=O) groups is 1. The van der Waals surface area contributed by atoms with Gasteiger partial charge in [0.2, 0.25) is 0 Å². The van der Waals surface area contributed by atoms with E-state index in [9.17, 15) is 4.79 Å². The van der Waals surface area contributed by atoms with E-state index in [-0.39, 0.29) is 12.6 Å². The van der Waals surface area contributed by atoms with Crippen LogP contribution in [0.2, 0.25) is 0 Å². The molecule has 3 nitrogen and oxygen atoms in total. The Hall–Kier alpha value is -0.390. The van der Waals surface area contributed by atoms with Crippen molar-refractivity contribution in [2.24, 2.45) is 0 Å². The van der Waals surface area contributed by atoms with Gasteiger partial charge in [0.1, 0.15) is 11.1 Å². The van der Waals surface area contributed by atoms with Crippen molar-refractivity contribution in [3.05, 3.63) is 10.5 Å². The normalized spacial score (nSPS) is 21.3. The second-order valence-corrected chi connectivity index (χ2v) is 4.35. The summed E-state index contributed by atoms with van der Waals surface area (Å²) in [6.45, 7) is 3.57. The van der Waals surface area contributed by atoms with Gasteiger partial charge in [0.05, 0.1) is 4.91 Å². The number of rotatable bonds is 2. The molecule has 1 aliphatic heterocycles. The molecule has 13 heavy (non-hydrogen) atoms. The predicted octanol–water partition coefficient (Wildman–Crippen LogP) is 1.48. The molecule has 0 aromatic rings. The Labute approximate surface area is 86.8 Å². The van der Waals surface area contributed by atoms with E-state index in [2.05, 4.69) is 0 Å². The molecule has 72 valence electrons. The van der Waals surface area contributed by atoms with E-state index in [1.165, 1.54) is 16.7 Å². The number of carbonyl (C=O) groups excluding carboxylic acids is 1. The average Bonchev–Trinajstić information content (AvgIpc) is 2.40.